The molecule has 3 unspecified atom stereocenters. The summed E-state index contributed by atoms with van der Waals surface area (Å²) in [4.78, 5) is 17.9. The van der Waals surface area contributed by atoms with Crippen LogP contribution in [0.3, 0.4) is 0 Å². The number of aromatic nitrogens is 1. The molecule has 4 aliphatic rings. The fraction of sp³-hybridized carbons (Fsp3) is 0.677. The highest BCUT2D eigenvalue weighted by Gasteiger charge is 2.58. The Labute approximate surface area is 215 Å². The summed E-state index contributed by atoms with van der Waals surface area (Å²) in [5, 5.41) is 15.5. The van der Waals surface area contributed by atoms with E-state index >= 15 is 0 Å². The van der Waals surface area contributed by atoms with E-state index in [9.17, 15) is 9.90 Å². The van der Waals surface area contributed by atoms with Crippen LogP contribution in [0.1, 0.15) is 64.7 Å². The van der Waals surface area contributed by atoms with Crippen molar-refractivity contribution in [3.05, 3.63) is 36.5 Å². The normalized spacial score (nSPS) is 39.8. The second-order valence-electron chi connectivity index (χ2n) is 12.7. The van der Waals surface area contributed by atoms with Crippen LogP contribution in [0.15, 0.2) is 36.5 Å². The van der Waals surface area contributed by atoms with Gasteiger partial charge in [0.15, 0.2) is 5.78 Å². The fourth-order valence-electron chi connectivity index (χ4n) is 9.39. The van der Waals surface area contributed by atoms with Gasteiger partial charge in [-0.05, 0) is 117 Å². The Bertz CT molecular complexity index is 1120. The first-order valence-electron chi connectivity index (χ1n) is 14.2. The number of benzene rings is 1. The zero-order valence-corrected chi connectivity index (χ0v) is 21.9. The van der Waals surface area contributed by atoms with Gasteiger partial charge in [-0.3, -0.25) is 9.78 Å². The number of anilines is 1. The van der Waals surface area contributed by atoms with Crippen molar-refractivity contribution in [1.29, 1.82) is 0 Å². The molecule has 0 amide bonds. The molecule has 0 saturated heterocycles. The highest BCUT2D eigenvalue weighted by molar-refractivity contribution is 5.87. The molecule has 5 heteroatoms. The van der Waals surface area contributed by atoms with Gasteiger partial charge in [-0.25, -0.2) is 0 Å². The number of rotatable bonds is 6. The molecule has 6 rings (SSSR count). The number of Topliss-reactive ketones (excluding diaryl/α,β-unsaturated/α-hetero) is 1. The molecule has 0 aliphatic heterocycles. The molecule has 4 fully saturated rings. The van der Waals surface area contributed by atoms with E-state index in [0.29, 0.717) is 30.8 Å². The van der Waals surface area contributed by atoms with Gasteiger partial charge in [-0.15, -0.1) is 0 Å². The van der Waals surface area contributed by atoms with Crippen molar-refractivity contribution in [2.75, 3.05) is 25.6 Å². The van der Waals surface area contributed by atoms with Gasteiger partial charge >= 0.3 is 0 Å². The van der Waals surface area contributed by atoms with Gasteiger partial charge in [0.2, 0.25) is 0 Å². The maximum absolute atomic E-state index is 13.5. The molecule has 0 radical (unpaired) electrons. The number of nitrogens with zero attached hydrogens (tertiary/aromatic N) is 1. The first-order valence-corrected chi connectivity index (χ1v) is 14.2. The van der Waals surface area contributed by atoms with Gasteiger partial charge < -0.3 is 15.2 Å². The van der Waals surface area contributed by atoms with Gasteiger partial charge in [-0.2, -0.15) is 0 Å². The molecule has 36 heavy (non-hydrogen) atoms. The quantitative estimate of drug-likeness (QED) is 0.531. The largest absolute Gasteiger partial charge is 0.387 e. The number of fused-ring (bicyclic) bond motifs is 6. The first kappa shape index (κ1) is 24.4. The number of carbonyl (C=O) groups is 1. The number of ether oxygens (including phenoxy) is 1. The van der Waals surface area contributed by atoms with Gasteiger partial charge in [0.05, 0.1) is 24.3 Å². The van der Waals surface area contributed by atoms with Crippen LogP contribution in [0, 0.1) is 40.9 Å². The van der Waals surface area contributed by atoms with Crippen LogP contribution in [0.25, 0.3) is 10.9 Å². The number of carbonyl (C=O) groups excluding carboxylic acids is 1. The van der Waals surface area contributed by atoms with Gasteiger partial charge in [0.1, 0.15) is 0 Å². The lowest BCUT2D eigenvalue weighted by Gasteiger charge is -2.57. The van der Waals surface area contributed by atoms with E-state index in [1.165, 1.54) is 32.1 Å². The third-order valence-corrected chi connectivity index (χ3v) is 11.0. The number of hydrogen-bond donors (Lipinski definition) is 2. The monoisotopic (exact) mass is 490 g/mol. The summed E-state index contributed by atoms with van der Waals surface area (Å²) in [6, 6.07) is 10.2. The number of nitrogens with one attached hydrogen (secondary N) is 1. The van der Waals surface area contributed by atoms with Crippen LogP contribution < -0.4 is 5.32 Å². The lowest BCUT2D eigenvalue weighted by Crippen LogP contribution is -2.52. The third kappa shape index (κ3) is 4.16. The Morgan fingerprint density at radius 1 is 1.08 bits per heavy atom. The molecule has 4 aliphatic carbocycles. The first-order chi connectivity index (χ1) is 17.4. The minimum absolute atomic E-state index is 0.144. The minimum atomic E-state index is -0.620. The van der Waals surface area contributed by atoms with Crippen LogP contribution in [-0.4, -0.2) is 41.7 Å². The van der Waals surface area contributed by atoms with Gasteiger partial charge in [0.25, 0.3) is 0 Å². The lowest BCUT2D eigenvalue weighted by molar-refractivity contribution is -0.135. The molecule has 1 heterocycles. The second-order valence-corrected chi connectivity index (χ2v) is 12.7. The van der Waals surface area contributed by atoms with Crippen molar-refractivity contribution in [3.8, 4) is 0 Å². The Hall–Kier alpha value is -1.98. The van der Waals surface area contributed by atoms with E-state index in [1.807, 2.05) is 24.4 Å². The molecule has 0 spiro atoms. The highest BCUT2D eigenvalue weighted by Crippen LogP contribution is 2.64. The van der Waals surface area contributed by atoms with Gasteiger partial charge in [0, 0.05) is 30.3 Å². The van der Waals surface area contributed by atoms with Gasteiger partial charge in [-0.1, -0.05) is 13.0 Å². The second kappa shape index (κ2) is 9.40. The maximum atomic E-state index is 13.5. The average Bonchev–Trinajstić information content (AvgIpc) is 3.24. The topological polar surface area (TPSA) is 71.5 Å². The zero-order valence-electron chi connectivity index (χ0n) is 21.9. The van der Waals surface area contributed by atoms with E-state index in [-0.39, 0.29) is 11.3 Å². The Morgan fingerprint density at radius 3 is 2.81 bits per heavy atom. The summed E-state index contributed by atoms with van der Waals surface area (Å²) in [6.45, 7) is 3.32. The number of pyridine rings is 1. The fourth-order valence-corrected chi connectivity index (χ4v) is 9.39. The molecule has 8 atom stereocenters. The van der Waals surface area contributed by atoms with Crippen molar-refractivity contribution >= 4 is 22.4 Å². The SMILES string of the molecule is COC[C@@]1(O)CC[C@@H]2C3CC[C@@]4(C)C(CC[C@@H]4C(=O)CNc4ccc5ncccc5c4)C3CC[C@@H]2C1. The van der Waals surface area contributed by atoms with Crippen molar-refractivity contribution in [1.82, 2.24) is 4.98 Å². The molecule has 1 aromatic heterocycles. The predicted octanol–water partition coefficient (Wildman–Crippen LogP) is 5.86. The van der Waals surface area contributed by atoms with Crippen LogP contribution in [0.2, 0.25) is 0 Å². The summed E-state index contributed by atoms with van der Waals surface area (Å²) in [7, 11) is 1.70. The van der Waals surface area contributed by atoms with E-state index < -0.39 is 5.60 Å². The van der Waals surface area contributed by atoms with Crippen molar-refractivity contribution in [3.63, 3.8) is 0 Å². The van der Waals surface area contributed by atoms with E-state index in [0.717, 1.165) is 60.0 Å². The summed E-state index contributed by atoms with van der Waals surface area (Å²) in [5.74, 6) is 4.19. The molecule has 194 valence electrons. The molecule has 0 bridgehead atoms. The zero-order chi connectivity index (χ0) is 24.9. The van der Waals surface area contributed by atoms with E-state index in [2.05, 4.69) is 29.4 Å². The van der Waals surface area contributed by atoms with Crippen molar-refractivity contribution in [2.45, 2.75) is 70.3 Å². The summed E-state index contributed by atoms with van der Waals surface area (Å²) < 4.78 is 5.35. The smallest absolute Gasteiger partial charge is 0.155 e. The van der Waals surface area contributed by atoms with E-state index in [1.54, 1.807) is 7.11 Å². The summed E-state index contributed by atoms with van der Waals surface area (Å²) in [6.07, 6.45) is 12.0. The Kier molecular flexibility index (Phi) is 6.36. The summed E-state index contributed by atoms with van der Waals surface area (Å²) >= 11 is 0. The Balaban J connectivity index is 1.11. The number of aliphatic hydroxyl groups is 1. The predicted molar refractivity (Wildman–Crippen MR) is 143 cm³/mol. The molecule has 1 aromatic carbocycles. The summed E-state index contributed by atoms with van der Waals surface area (Å²) in [5.41, 5.74) is 1.50. The molecule has 2 N–H and O–H groups in total. The molecule has 5 nitrogen and oxygen atoms in total. The van der Waals surface area contributed by atoms with Crippen LogP contribution in [0.5, 0.6) is 0 Å². The van der Waals surface area contributed by atoms with E-state index in [4.69, 9.17) is 4.74 Å². The van der Waals surface area contributed by atoms with Crippen molar-refractivity contribution < 1.29 is 14.6 Å². The lowest BCUT2D eigenvalue weighted by atomic mass is 9.49. The number of hydrogen-bond acceptors (Lipinski definition) is 5. The minimum Gasteiger partial charge on any atom is -0.387 e. The maximum Gasteiger partial charge on any atom is 0.155 e. The molecule has 4 saturated carbocycles. The average molecular weight is 491 g/mol. The molecular formula is C31H42N2O3. The van der Waals surface area contributed by atoms with Crippen molar-refractivity contribution in [2.24, 2.45) is 40.9 Å². The highest BCUT2D eigenvalue weighted by atomic mass is 16.5. The molecular weight excluding hydrogens is 448 g/mol. The van der Waals surface area contributed by atoms with Crippen LogP contribution >= 0.6 is 0 Å². The van der Waals surface area contributed by atoms with Crippen LogP contribution in [-0.2, 0) is 9.53 Å². The number of methoxy groups -OCH3 is 1. The number of ketones is 1. The Morgan fingerprint density at radius 2 is 1.94 bits per heavy atom. The standard InChI is InChI=1S/C31H42N2O3/c1-30-13-11-24-23-12-14-31(35,19-36-2)17-21(23)5-7-25(24)26(30)8-9-27(30)29(34)18-33-22-6-10-28-20(16-22)4-3-15-32-28/h3-4,6,10,15-16,21,23-27,33,35H,5,7-9,11-14,17-19H2,1-2H3/t21-,23+,24?,25?,26?,27-,30+,31-/m1/s1. The molecule has 2 aromatic rings. The third-order valence-electron chi connectivity index (χ3n) is 11.0. The van der Waals surface area contributed by atoms with Crippen LogP contribution in [0.4, 0.5) is 5.69 Å².